The molecule has 6 nitrogen and oxygen atoms in total. The molecule has 0 atom stereocenters. The number of unbranched alkanes of at least 4 members (excludes halogenated alkanes) is 8. The molecule has 0 saturated carbocycles. The van der Waals surface area contributed by atoms with Gasteiger partial charge in [0.1, 0.15) is 10.8 Å². The monoisotopic (exact) mass is 525 g/mol. The molecule has 0 unspecified atom stereocenters. The second-order valence-corrected chi connectivity index (χ2v) is 12.2. The number of piperazine rings is 1. The van der Waals surface area contributed by atoms with Crippen molar-refractivity contribution < 1.29 is 14.0 Å². The highest BCUT2D eigenvalue weighted by Crippen LogP contribution is 2.39. The number of anilines is 2. The summed E-state index contributed by atoms with van der Waals surface area (Å²) < 4.78 is 6.50. The number of carbonyl (C=O) groups is 1. The maximum absolute atomic E-state index is 12.4. The minimum Gasteiger partial charge on any atom is -0.415 e. The lowest BCUT2D eigenvalue weighted by Crippen LogP contribution is -2.59. The molecule has 1 aromatic heterocycles. The summed E-state index contributed by atoms with van der Waals surface area (Å²) in [6, 6.07) is 10.5. The summed E-state index contributed by atoms with van der Waals surface area (Å²) in [5, 5.41) is 4.76. The molecule has 2 aliphatic heterocycles. The Bertz CT molecular complexity index is 1060. The summed E-state index contributed by atoms with van der Waals surface area (Å²) in [5.74, 6) is 1.00. The van der Waals surface area contributed by atoms with Crippen LogP contribution in [0.5, 0.6) is 0 Å². The number of fused-ring (bicyclic) bond motifs is 2. The molecule has 0 bridgehead atoms. The molecule has 37 heavy (non-hydrogen) atoms. The van der Waals surface area contributed by atoms with Crippen molar-refractivity contribution in [2.45, 2.75) is 78.1 Å². The van der Waals surface area contributed by atoms with Crippen molar-refractivity contribution in [2.75, 3.05) is 45.3 Å². The molecule has 202 valence electrons. The van der Waals surface area contributed by atoms with Gasteiger partial charge in [-0.2, -0.15) is 0 Å². The van der Waals surface area contributed by atoms with E-state index >= 15 is 0 Å². The number of para-hydroxylation sites is 2. The van der Waals surface area contributed by atoms with Crippen LogP contribution in [0.2, 0.25) is 0 Å². The Kier molecular flexibility index (Phi) is 10.0. The maximum atomic E-state index is 12.4. The summed E-state index contributed by atoms with van der Waals surface area (Å²) in [7, 11) is 2.20. The summed E-state index contributed by atoms with van der Waals surface area (Å²) in [6.45, 7) is 8.51. The van der Waals surface area contributed by atoms with Gasteiger partial charge in [-0.15, -0.1) is 11.3 Å². The van der Waals surface area contributed by atoms with Crippen molar-refractivity contribution in [3.8, 4) is 0 Å². The first-order valence-corrected chi connectivity index (χ1v) is 15.1. The third-order valence-corrected chi connectivity index (χ3v) is 8.58. The first kappa shape index (κ1) is 27.6. The van der Waals surface area contributed by atoms with E-state index in [1.165, 1.54) is 55.4 Å². The third-order valence-electron chi connectivity index (χ3n) is 7.62. The van der Waals surface area contributed by atoms with Crippen LogP contribution in [-0.4, -0.2) is 61.1 Å². The number of nitrogens with zero attached hydrogens (tertiary/aromatic N) is 3. The second kappa shape index (κ2) is 13.4. The van der Waals surface area contributed by atoms with E-state index in [0.717, 1.165) is 65.7 Å². The van der Waals surface area contributed by atoms with Gasteiger partial charge in [0, 0.05) is 11.3 Å². The number of thiophene rings is 1. The lowest BCUT2D eigenvalue weighted by molar-refractivity contribution is -0.929. The lowest BCUT2D eigenvalue weighted by atomic mass is 10.1. The number of amidine groups is 1. The smallest absolute Gasteiger partial charge is 0.310 e. The van der Waals surface area contributed by atoms with Crippen molar-refractivity contribution in [2.24, 2.45) is 4.99 Å². The van der Waals surface area contributed by atoms with Gasteiger partial charge in [0.25, 0.3) is 0 Å². The minimum atomic E-state index is -0.0426. The average Bonchev–Trinajstić information content (AvgIpc) is 3.18. The molecular formula is C30H45N4O2S+. The Labute approximate surface area is 227 Å². The Morgan fingerprint density at radius 2 is 1.73 bits per heavy atom. The van der Waals surface area contributed by atoms with E-state index in [1.807, 2.05) is 12.1 Å². The van der Waals surface area contributed by atoms with Crippen LogP contribution in [0, 0.1) is 6.92 Å². The van der Waals surface area contributed by atoms with Crippen LogP contribution < -0.4 is 5.32 Å². The quantitative estimate of drug-likeness (QED) is 0.178. The molecule has 2 aliphatic rings. The van der Waals surface area contributed by atoms with E-state index in [0.29, 0.717) is 13.2 Å². The average molecular weight is 526 g/mol. The van der Waals surface area contributed by atoms with E-state index in [1.54, 1.807) is 11.3 Å². The number of likely N-dealkylation sites (N-methyl/N-ethyl adjacent to an activating group) is 1. The highest BCUT2D eigenvalue weighted by atomic mass is 32.1. The van der Waals surface area contributed by atoms with Gasteiger partial charge >= 0.3 is 5.97 Å². The van der Waals surface area contributed by atoms with Gasteiger partial charge in [0.15, 0.2) is 0 Å². The molecule has 1 N–H and O–H groups in total. The van der Waals surface area contributed by atoms with Crippen molar-refractivity contribution in [3.05, 3.63) is 40.8 Å². The van der Waals surface area contributed by atoms with Crippen LogP contribution in [0.15, 0.2) is 35.3 Å². The molecule has 0 aliphatic carbocycles. The summed E-state index contributed by atoms with van der Waals surface area (Å²) >= 11 is 1.78. The molecule has 1 aromatic carbocycles. The van der Waals surface area contributed by atoms with Crippen LogP contribution in [-0.2, 0) is 9.53 Å². The van der Waals surface area contributed by atoms with Crippen LogP contribution in [0.1, 0.15) is 81.6 Å². The number of nitrogens with one attached hydrogen (secondary N) is 1. The Morgan fingerprint density at radius 1 is 1.05 bits per heavy atom. The van der Waals surface area contributed by atoms with E-state index in [9.17, 15) is 4.79 Å². The fraction of sp³-hybridized carbons (Fsp3) is 0.600. The Morgan fingerprint density at radius 3 is 2.46 bits per heavy atom. The molecule has 3 heterocycles. The third kappa shape index (κ3) is 7.81. The molecule has 2 aromatic rings. The van der Waals surface area contributed by atoms with Crippen LogP contribution in [0.4, 0.5) is 16.4 Å². The van der Waals surface area contributed by atoms with Crippen molar-refractivity contribution in [1.82, 2.24) is 4.90 Å². The highest BCUT2D eigenvalue weighted by Gasteiger charge is 2.33. The number of quaternary nitrogens is 1. The van der Waals surface area contributed by atoms with Crippen LogP contribution >= 0.6 is 11.3 Å². The van der Waals surface area contributed by atoms with Crippen molar-refractivity contribution in [1.29, 1.82) is 0 Å². The molecule has 0 radical (unpaired) electrons. The number of esters is 1. The SMILES string of the molecule is CCCCCCCCCCCC(=O)OC[N+]1(C)CCN(C2=Nc3ccccc3Nc3sc(C)cc32)CC1. The number of benzene rings is 1. The first-order chi connectivity index (χ1) is 18.0. The number of rotatable bonds is 12. The second-order valence-electron chi connectivity index (χ2n) is 11.0. The Hall–Kier alpha value is -2.38. The largest absolute Gasteiger partial charge is 0.415 e. The molecule has 7 heteroatoms. The number of carbonyl (C=O) groups excluding carboxylic acids is 1. The van der Waals surface area contributed by atoms with E-state index in [2.05, 4.69) is 49.3 Å². The van der Waals surface area contributed by atoms with Gasteiger partial charge in [-0.05, 0) is 31.5 Å². The fourth-order valence-corrected chi connectivity index (χ4v) is 6.08. The first-order valence-electron chi connectivity index (χ1n) is 14.3. The zero-order valence-corrected chi connectivity index (χ0v) is 23.9. The zero-order valence-electron chi connectivity index (χ0n) is 23.1. The van der Waals surface area contributed by atoms with Gasteiger partial charge in [-0.3, -0.25) is 9.28 Å². The van der Waals surface area contributed by atoms with Gasteiger partial charge in [-0.25, -0.2) is 4.99 Å². The number of hydrogen-bond acceptors (Lipinski definition) is 6. The van der Waals surface area contributed by atoms with Crippen molar-refractivity contribution >= 4 is 39.5 Å². The normalized spacial score (nSPS) is 16.3. The standard InChI is InChI=1S/C30H45N4O2S/c1-4-5-6-7-8-9-10-11-12-17-28(35)36-23-34(3)20-18-33(19-21-34)29-25-22-24(2)37-30(25)32-27-16-14-13-15-26(27)31-29/h13-16,22,32H,4-12,17-21,23H2,1-3H3/q+1. The summed E-state index contributed by atoms with van der Waals surface area (Å²) in [4.78, 5) is 21.2. The van der Waals surface area contributed by atoms with Gasteiger partial charge < -0.3 is 15.0 Å². The number of ether oxygens (including phenoxy) is 1. The number of aliphatic imine (C=N–C) groups is 1. The Balaban J connectivity index is 1.22. The molecule has 0 amide bonds. The van der Waals surface area contributed by atoms with E-state index in [4.69, 9.17) is 9.73 Å². The van der Waals surface area contributed by atoms with Crippen LogP contribution in [0.25, 0.3) is 0 Å². The van der Waals surface area contributed by atoms with Gasteiger partial charge in [-0.1, -0.05) is 70.4 Å². The molecule has 0 spiro atoms. The van der Waals surface area contributed by atoms with Gasteiger partial charge in [0.05, 0.1) is 50.2 Å². The minimum absolute atomic E-state index is 0.0426. The molecular weight excluding hydrogens is 480 g/mol. The van der Waals surface area contributed by atoms with E-state index in [-0.39, 0.29) is 5.97 Å². The summed E-state index contributed by atoms with van der Waals surface area (Å²) in [5.41, 5.74) is 3.21. The number of aryl methyl sites for hydroxylation is 1. The van der Waals surface area contributed by atoms with Gasteiger partial charge in [0.2, 0.25) is 6.73 Å². The number of hydrogen-bond donors (Lipinski definition) is 1. The van der Waals surface area contributed by atoms with E-state index < -0.39 is 0 Å². The molecule has 4 rings (SSSR count). The summed E-state index contributed by atoms with van der Waals surface area (Å²) in [6.07, 6.45) is 11.9. The highest BCUT2D eigenvalue weighted by molar-refractivity contribution is 7.16. The lowest BCUT2D eigenvalue weighted by Gasteiger charge is -2.42. The molecule has 1 fully saturated rings. The zero-order chi connectivity index (χ0) is 26.1. The topological polar surface area (TPSA) is 53.9 Å². The maximum Gasteiger partial charge on any atom is 0.310 e. The molecule has 1 saturated heterocycles. The fourth-order valence-electron chi connectivity index (χ4n) is 5.16. The predicted molar refractivity (Wildman–Crippen MR) is 155 cm³/mol. The van der Waals surface area contributed by atoms with Crippen LogP contribution in [0.3, 0.4) is 0 Å². The van der Waals surface area contributed by atoms with Crippen molar-refractivity contribution in [3.63, 3.8) is 0 Å². The predicted octanol–water partition coefficient (Wildman–Crippen LogP) is 7.38.